The number of fused-ring (bicyclic) bond motifs is 1. The molecule has 0 aromatic heterocycles. The Hall–Kier alpha value is -1.59. The molecule has 0 aromatic rings. The SMILES string of the molecule is CN(C)C(=O)NCCC12CCC(=O)N1C(=O)CC2. The molecule has 2 aliphatic heterocycles. The van der Waals surface area contributed by atoms with E-state index in [-0.39, 0.29) is 23.4 Å². The van der Waals surface area contributed by atoms with Crippen LogP contribution in [0.15, 0.2) is 0 Å². The number of amides is 4. The average molecular weight is 253 g/mol. The third kappa shape index (κ3) is 2.07. The number of rotatable bonds is 3. The minimum absolute atomic E-state index is 0.0589. The molecule has 0 unspecified atom stereocenters. The molecule has 2 heterocycles. The lowest BCUT2D eigenvalue weighted by molar-refractivity contribution is -0.142. The molecule has 100 valence electrons. The number of nitrogens with one attached hydrogen (secondary N) is 1. The second-order valence-electron chi connectivity index (χ2n) is 5.22. The maximum atomic E-state index is 11.7. The lowest BCUT2D eigenvalue weighted by atomic mass is 9.90. The quantitative estimate of drug-likeness (QED) is 0.737. The molecule has 0 spiro atoms. The molecular weight excluding hydrogens is 234 g/mol. The summed E-state index contributed by atoms with van der Waals surface area (Å²) in [7, 11) is 3.36. The van der Waals surface area contributed by atoms with E-state index in [1.165, 1.54) is 9.80 Å². The molecule has 2 aliphatic rings. The van der Waals surface area contributed by atoms with Gasteiger partial charge in [-0.25, -0.2) is 4.79 Å². The summed E-state index contributed by atoms with van der Waals surface area (Å²) < 4.78 is 0. The highest BCUT2D eigenvalue weighted by Crippen LogP contribution is 2.42. The summed E-state index contributed by atoms with van der Waals surface area (Å²) in [6.45, 7) is 0.494. The van der Waals surface area contributed by atoms with Gasteiger partial charge in [0.2, 0.25) is 11.8 Å². The third-order valence-electron chi connectivity index (χ3n) is 3.85. The van der Waals surface area contributed by atoms with Crippen LogP contribution in [-0.4, -0.2) is 53.8 Å². The molecule has 2 fully saturated rings. The van der Waals surface area contributed by atoms with Gasteiger partial charge in [-0.3, -0.25) is 14.5 Å². The zero-order valence-electron chi connectivity index (χ0n) is 10.9. The fourth-order valence-corrected chi connectivity index (χ4v) is 2.84. The molecule has 1 N–H and O–H groups in total. The summed E-state index contributed by atoms with van der Waals surface area (Å²) in [5, 5.41) is 2.78. The van der Waals surface area contributed by atoms with Crippen molar-refractivity contribution in [2.45, 2.75) is 37.6 Å². The molecule has 6 nitrogen and oxygen atoms in total. The summed E-state index contributed by atoms with van der Waals surface area (Å²) in [5.74, 6) is -0.118. The molecule has 0 aromatic carbocycles. The van der Waals surface area contributed by atoms with Gasteiger partial charge in [-0.15, -0.1) is 0 Å². The van der Waals surface area contributed by atoms with Crippen LogP contribution in [-0.2, 0) is 9.59 Å². The van der Waals surface area contributed by atoms with Crippen LogP contribution < -0.4 is 5.32 Å². The van der Waals surface area contributed by atoms with Crippen LogP contribution >= 0.6 is 0 Å². The summed E-state index contributed by atoms with van der Waals surface area (Å²) in [5.41, 5.74) is -0.326. The third-order valence-corrected chi connectivity index (χ3v) is 3.85. The minimum atomic E-state index is -0.326. The molecule has 6 heteroatoms. The van der Waals surface area contributed by atoms with Crippen LogP contribution in [0.5, 0.6) is 0 Å². The van der Waals surface area contributed by atoms with Crippen LogP contribution in [0.4, 0.5) is 4.79 Å². The Kier molecular flexibility index (Phi) is 3.28. The van der Waals surface area contributed by atoms with E-state index in [2.05, 4.69) is 5.32 Å². The van der Waals surface area contributed by atoms with Crippen molar-refractivity contribution >= 4 is 17.8 Å². The van der Waals surface area contributed by atoms with E-state index in [1.807, 2.05) is 0 Å². The van der Waals surface area contributed by atoms with Crippen LogP contribution in [0, 0.1) is 0 Å². The minimum Gasteiger partial charge on any atom is -0.338 e. The first-order chi connectivity index (χ1) is 8.46. The lowest BCUT2D eigenvalue weighted by Crippen LogP contribution is -2.45. The Labute approximate surface area is 106 Å². The molecule has 0 atom stereocenters. The highest BCUT2D eigenvalue weighted by molar-refractivity contribution is 5.99. The highest BCUT2D eigenvalue weighted by Gasteiger charge is 2.52. The number of nitrogens with zero attached hydrogens (tertiary/aromatic N) is 2. The summed E-state index contributed by atoms with van der Waals surface area (Å²) >= 11 is 0. The Morgan fingerprint density at radius 1 is 1.28 bits per heavy atom. The monoisotopic (exact) mass is 253 g/mol. The van der Waals surface area contributed by atoms with Gasteiger partial charge in [-0.05, 0) is 19.3 Å². The summed E-state index contributed by atoms with van der Waals surface area (Å²) in [4.78, 5) is 37.7. The molecular formula is C12H19N3O3. The maximum absolute atomic E-state index is 11.7. The first-order valence-corrected chi connectivity index (χ1v) is 6.27. The van der Waals surface area contributed by atoms with Crippen LogP contribution in [0.2, 0.25) is 0 Å². The van der Waals surface area contributed by atoms with E-state index < -0.39 is 0 Å². The van der Waals surface area contributed by atoms with Gasteiger partial charge in [0.05, 0.1) is 5.54 Å². The molecule has 0 saturated carbocycles. The zero-order valence-corrected chi connectivity index (χ0v) is 10.9. The van der Waals surface area contributed by atoms with Crippen molar-refractivity contribution in [3.05, 3.63) is 0 Å². The van der Waals surface area contributed by atoms with E-state index in [9.17, 15) is 14.4 Å². The van der Waals surface area contributed by atoms with Crippen molar-refractivity contribution < 1.29 is 14.4 Å². The largest absolute Gasteiger partial charge is 0.338 e. The van der Waals surface area contributed by atoms with E-state index in [0.717, 1.165) is 12.8 Å². The first kappa shape index (κ1) is 12.9. The standard InChI is InChI=1S/C12H19N3O3/c1-14(2)11(18)13-8-7-12-5-3-9(16)15(12)10(17)4-6-12/h3-8H2,1-2H3,(H,13,18). The second-order valence-corrected chi connectivity index (χ2v) is 5.22. The fraction of sp³-hybridized carbons (Fsp3) is 0.750. The molecule has 0 bridgehead atoms. The highest BCUT2D eigenvalue weighted by atomic mass is 16.2. The van der Waals surface area contributed by atoms with Gasteiger partial charge in [-0.1, -0.05) is 0 Å². The van der Waals surface area contributed by atoms with Crippen molar-refractivity contribution in [2.75, 3.05) is 20.6 Å². The smallest absolute Gasteiger partial charge is 0.316 e. The van der Waals surface area contributed by atoms with Gasteiger partial charge >= 0.3 is 6.03 Å². The van der Waals surface area contributed by atoms with Crippen LogP contribution in [0.1, 0.15) is 32.1 Å². The average Bonchev–Trinajstić information content (AvgIpc) is 2.80. The zero-order chi connectivity index (χ0) is 13.3. The van der Waals surface area contributed by atoms with Crippen LogP contribution in [0.25, 0.3) is 0 Å². The topological polar surface area (TPSA) is 69.7 Å². The number of urea groups is 1. The van der Waals surface area contributed by atoms with Gasteiger partial charge in [-0.2, -0.15) is 0 Å². The first-order valence-electron chi connectivity index (χ1n) is 6.27. The number of hydrogen-bond donors (Lipinski definition) is 1. The van der Waals surface area contributed by atoms with Crippen molar-refractivity contribution in [1.82, 2.24) is 15.1 Å². The molecule has 0 aliphatic carbocycles. The van der Waals surface area contributed by atoms with E-state index in [4.69, 9.17) is 0 Å². The molecule has 2 saturated heterocycles. The Balaban J connectivity index is 1.94. The van der Waals surface area contributed by atoms with E-state index in [1.54, 1.807) is 14.1 Å². The molecule has 2 rings (SSSR count). The second kappa shape index (κ2) is 4.59. The summed E-state index contributed by atoms with van der Waals surface area (Å²) in [6, 6.07) is -0.147. The van der Waals surface area contributed by atoms with Crippen molar-refractivity contribution in [3.63, 3.8) is 0 Å². The molecule has 18 heavy (non-hydrogen) atoms. The van der Waals surface area contributed by atoms with Gasteiger partial charge in [0.1, 0.15) is 0 Å². The predicted octanol–water partition coefficient (Wildman–Crippen LogP) is 0.329. The summed E-state index contributed by atoms with van der Waals surface area (Å²) in [6.07, 6.45) is 3.02. The number of hydrogen-bond acceptors (Lipinski definition) is 3. The number of carbonyl (C=O) groups is 3. The fourth-order valence-electron chi connectivity index (χ4n) is 2.84. The normalized spacial score (nSPS) is 21.1. The van der Waals surface area contributed by atoms with Gasteiger partial charge in [0.15, 0.2) is 0 Å². The van der Waals surface area contributed by atoms with Crippen molar-refractivity contribution in [3.8, 4) is 0 Å². The maximum Gasteiger partial charge on any atom is 0.316 e. The van der Waals surface area contributed by atoms with E-state index in [0.29, 0.717) is 25.8 Å². The molecule has 0 radical (unpaired) electrons. The molecule has 4 amide bonds. The van der Waals surface area contributed by atoms with Crippen LogP contribution in [0.3, 0.4) is 0 Å². The van der Waals surface area contributed by atoms with Gasteiger partial charge in [0, 0.05) is 33.5 Å². The van der Waals surface area contributed by atoms with Gasteiger partial charge in [0.25, 0.3) is 0 Å². The Bertz CT molecular complexity index is 372. The number of imide groups is 1. The van der Waals surface area contributed by atoms with E-state index >= 15 is 0 Å². The Morgan fingerprint density at radius 2 is 1.83 bits per heavy atom. The Morgan fingerprint density at radius 3 is 2.33 bits per heavy atom. The predicted molar refractivity (Wildman–Crippen MR) is 64.8 cm³/mol. The van der Waals surface area contributed by atoms with Crippen molar-refractivity contribution in [1.29, 1.82) is 0 Å². The number of carbonyl (C=O) groups excluding carboxylic acids is 3. The van der Waals surface area contributed by atoms with Crippen molar-refractivity contribution in [2.24, 2.45) is 0 Å². The lowest BCUT2D eigenvalue weighted by Gasteiger charge is -2.30. The van der Waals surface area contributed by atoms with Gasteiger partial charge < -0.3 is 10.2 Å².